The highest BCUT2D eigenvalue weighted by atomic mass is 32.2. The monoisotopic (exact) mass is 352 g/mol. The Kier molecular flexibility index (Phi) is 4.22. The molecule has 1 saturated carbocycles. The van der Waals surface area contributed by atoms with E-state index in [1.165, 1.54) is 43.5 Å². The fourth-order valence-electron chi connectivity index (χ4n) is 5.10. The molecule has 3 fully saturated rings. The van der Waals surface area contributed by atoms with Crippen LogP contribution in [0.3, 0.4) is 0 Å². The van der Waals surface area contributed by atoms with E-state index < -0.39 is 0 Å². The quantitative estimate of drug-likeness (QED) is 0.902. The van der Waals surface area contributed by atoms with Gasteiger partial charge in [-0.25, -0.2) is 0 Å². The first-order chi connectivity index (χ1) is 11.6. The van der Waals surface area contributed by atoms with Crippen molar-refractivity contribution in [3.8, 4) is 11.5 Å². The molecule has 0 amide bonds. The predicted molar refractivity (Wildman–Crippen MR) is 104 cm³/mol. The molecule has 1 aromatic carbocycles. The van der Waals surface area contributed by atoms with Crippen molar-refractivity contribution in [1.82, 2.24) is 10.2 Å². The average Bonchev–Trinajstić information content (AvgIpc) is 3.21. The molecule has 1 aliphatic carbocycles. The minimum absolute atomic E-state index is 0. The number of ether oxygens (including phenoxy) is 2. The zero-order valence-corrected chi connectivity index (χ0v) is 15.7. The predicted octanol–water partition coefficient (Wildman–Crippen LogP) is 3.35. The molecule has 2 saturated heterocycles. The molecule has 2 heterocycles. The molecule has 1 N–H and O–H groups in total. The number of thioether (sulfide) groups is 1. The molecule has 1 spiro atoms. The number of likely N-dealkylation sites (tertiary alicyclic amines) is 1. The normalized spacial score (nSPS) is 36.0. The third-order valence-electron chi connectivity index (χ3n) is 6.46. The van der Waals surface area contributed by atoms with Gasteiger partial charge in [-0.15, -0.1) is 11.8 Å². The number of fused-ring (bicyclic) bond motifs is 1. The topological polar surface area (TPSA) is 33.7 Å². The Morgan fingerprint density at radius 2 is 2.04 bits per heavy atom. The van der Waals surface area contributed by atoms with Gasteiger partial charge >= 0.3 is 0 Å². The molecule has 136 valence electrons. The molecule has 2 aliphatic heterocycles. The number of rotatable bonds is 3. The minimum atomic E-state index is 0. The van der Waals surface area contributed by atoms with Crippen LogP contribution in [-0.2, 0) is 5.41 Å². The zero-order chi connectivity index (χ0) is 16.8. The molecular weight excluding hydrogens is 320 g/mol. The Morgan fingerprint density at radius 3 is 2.75 bits per heavy atom. The third kappa shape index (κ3) is 2.44. The molecule has 1 unspecified atom stereocenters. The SMILES string of the molecule is COc1ccc([C@]23CCN(C)[C@H]2CC2(CC3)NCCS2)cc1OC.[HH].[HH]. The first-order valence-electron chi connectivity index (χ1n) is 8.94. The lowest BCUT2D eigenvalue weighted by molar-refractivity contribution is 0.145. The van der Waals surface area contributed by atoms with Crippen LogP contribution >= 0.6 is 11.8 Å². The number of nitrogens with one attached hydrogen (secondary N) is 1. The van der Waals surface area contributed by atoms with Crippen LogP contribution in [0.1, 0.15) is 34.1 Å². The van der Waals surface area contributed by atoms with E-state index in [-0.39, 0.29) is 8.27 Å². The van der Waals surface area contributed by atoms with Crippen molar-refractivity contribution >= 4 is 11.8 Å². The zero-order valence-electron chi connectivity index (χ0n) is 14.9. The van der Waals surface area contributed by atoms with Crippen molar-refractivity contribution in [1.29, 1.82) is 0 Å². The van der Waals surface area contributed by atoms with Gasteiger partial charge in [-0.2, -0.15) is 0 Å². The van der Waals surface area contributed by atoms with E-state index in [1.807, 2.05) is 0 Å². The van der Waals surface area contributed by atoms with E-state index in [1.54, 1.807) is 14.2 Å². The summed E-state index contributed by atoms with van der Waals surface area (Å²) < 4.78 is 11.0. The molecule has 0 aromatic heterocycles. The minimum Gasteiger partial charge on any atom is -0.493 e. The smallest absolute Gasteiger partial charge is 0.161 e. The van der Waals surface area contributed by atoms with Crippen molar-refractivity contribution in [2.75, 3.05) is 40.1 Å². The summed E-state index contributed by atoms with van der Waals surface area (Å²) in [6.45, 7) is 2.34. The van der Waals surface area contributed by atoms with Crippen molar-refractivity contribution in [3.63, 3.8) is 0 Å². The molecule has 4 nitrogen and oxygen atoms in total. The maximum atomic E-state index is 5.58. The van der Waals surface area contributed by atoms with E-state index in [0.717, 1.165) is 18.0 Å². The van der Waals surface area contributed by atoms with Gasteiger partial charge in [0.25, 0.3) is 0 Å². The van der Waals surface area contributed by atoms with Gasteiger partial charge in [0.15, 0.2) is 11.5 Å². The second kappa shape index (κ2) is 6.11. The number of hydrogen-bond acceptors (Lipinski definition) is 5. The number of likely N-dealkylation sites (N-methyl/N-ethyl adjacent to an activating group) is 1. The van der Waals surface area contributed by atoms with Crippen LogP contribution in [0.5, 0.6) is 11.5 Å². The van der Waals surface area contributed by atoms with Crippen LogP contribution in [0.4, 0.5) is 0 Å². The molecule has 0 radical (unpaired) electrons. The number of nitrogens with zero attached hydrogens (tertiary/aromatic N) is 1. The van der Waals surface area contributed by atoms with Crippen LogP contribution in [0, 0.1) is 0 Å². The van der Waals surface area contributed by atoms with Crippen molar-refractivity contribution in [2.45, 2.75) is 42.0 Å². The second-order valence-electron chi connectivity index (χ2n) is 7.45. The molecule has 0 bridgehead atoms. The van der Waals surface area contributed by atoms with Crippen molar-refractivity contribution in [3.05, 3.63) is 23.8 Å². The Labute approximate surface area is 152 Å². The standard InChI is InChI=1S/C19H28N2O2S.2H2/c1-21-10-8-18(14-4-5-15(22-2)16(12-14)23-3)6-7-19(13-17(18)21)20-9-11-24-19;;/h4-5,12,17,20H,6-11,13H2,1-3H3;2*1H/t17-,18-,19?;;/m0../s1. The Hall–Kier alpha value is -0.910. The van der Waals surface area contributed by atoms with Crippen LogP contribution in [-0.4, -0.2) is 55.9 Å². The van der Waals surface area contributed by atoms with Crippen LogP contribution in [0.15, 0.2) is 18.2 Å². The van der Waals surface area contributed by atoms with Gasteiger partial charge in [0.2, 0.25) is 0 Å². The maximum absolute atomic E-state index is 5.58. The Bertz CT molecular complexity index is 628. The third-order valence-corrected chi connectivity index (χ3v) is 7.94. The van der Waals surface area contributed by atoms with Gasteiger partial charge in [-0.3, -0.25) is 0 Å². The van der Waals surface area contributed by atoms with Crippen molar-refractivity contribution in [2.24, 2.45) is 0 Å². The van der Waals surface area contributed by atoms with Gasteiger partial charge in [-0.05, 0) is 57.0 Å². The van der Waals surface area contributed by atoms with E-state index in [0.29, 0.717) is 10.9 Å². The van der Waals surface area contributed by atoms with Crippen LogP contribution < -0.4 is 14.8 Å². The fraction of sp³-hybridized carbons (Fsp3) is 0.684. The van der Waals surface area contributed by atoms with Crippen LogP contribution in [0.25, 0.3) is 0 Å². The summed E-state index contributed by atoms with van der Waals surface area (Å²) in [6.07, 6.45) is 4.99. The number of hydrogen-bond donors (Lipinski definition) is 1. The summed E-state index contributed by atoms with van der Waals surface area (Å²) >= 11 is 2.14. The summed E-state index contributed by atoms with van der Waals surface area (Å²) in [4.78, 5) is 2.89. The summed E-state index contributed by atoms with van der Waals surface area (Å²) in [5.74, 6) is 2.92. The van der Waals surface area contributed by atoms with E-state index in [2.05, 4.69) is 47.2 Å². The van der Waals surface area contributed by atoms with Gasteiger partial charge in [0, 0.05) is 26.6 Å². The molecule has 5 heteroatoms. The Balaban J connectivity index is 0.00000121. The Morgan fingerprint density at radius 1 is 1.21 bits per heavy atom. The highest BCUT2D eigenvalue weighted by Crippen LogP contribution is 2.55. The van der Waals surface area contributed by atoms with Gasteiger partial charge in [-0.1, -0.05) is 6.07 Å². The highest BCUT2D eigenvalue weighted by molar-refractivity contribution is 8.00. The lowest BCUT2D eigenvalue weighted by Gasteiger charge is -2.48. The average molecular weight is 353 g/mol. The summed E-state index contributed by atoms with van der Waals surface area (Å²) in [6, 6.07) is 7.16. The van der Waals surface area contributed by atoms with Gasteiger partial charge < -0.3 is 19.7 Å². The molecular formula is C19H32N2O2S. The largest absolute Gasteiger partial charge is 0.493 e. The first kappa shape index (κ1) is 16.6. The van der Waals surface area contributed by atoms with Crippen molar-refractivity contribution < 1.29 is 12.3 Å². The second-order valence-corrected chi connectivity index (χ2v) is 8.92. The number of methoxy groups -OCH3 is 2. The van der Waals surface area contributed by atoms with E-state index >= 15 is 0 Å². The lowest BCUT2D eigenvalue weighted by Crippen LogP contribution is -2.54. The number of benzene rings is 1. The molecule has 3 aliphatic rings. The molecule has 24 heavy (non-hydrogen) atoms. The van der Waals surface area contributed by atoms with E-state index in [4.69, 9.17) is 9.47 Å². The van der Waals surface area contributed by atoms with Gasteiger partial charge in [0.1, 0.15) is 0 Å². The highest BCUT2D eigenvalue weighted by Gasteiger charge is 2.55. The summed E-state index contributed by atoms with van der Waals surface area (Å²) in [5.41, 5.74) is 1.68. The molecule has 1 aromatic rings. The molecule has 3 atom stereocenters. The van der Waals surface area contributed by atoms with Crippen LogP contribution in [0.2, 0.25) is 0 Å². The first-order valence-corrected chi connectivity index (χ1v) is 9.93. The summed E-state index contributed by atoms with van der Waals surface area (Å²) in [7, 11) is 5.73. The lowest BCUT2D eigenvalue weighted by atomic mass is 9.64. The van der Waals surface area contributed by atoms with Gasteiger partial charge in [0.05, 0.1) is 19.1 Å². The summed E-state index contributed by atoms with van der Waals surface area (Å²) in [5, 5.41) is 3.81. The fourth-order valence-corrected chi connectivity index (χ4v) is 6.42. The van der Waals surface area contributed by atoms with E-state index in [9.17, 15) is 0 Å². The molecule has 4 rings (SSSR count). The maximum Gasteiger partial charge on any atom is 0.161 e.